The zero-order valence-corrected chi connectivity index (χ0v) is 10.1. The van der Waals surface area contributed by atoms with Gasteiger partial charge in [0.05, 0.1) is 11.0 Å². The van der Waals surface area contributed by atoms with Crippen molar-refractivity contribution in [2.75, 3.05) is 6.61 Å². The fourth-order valence-corrected chi connectivity index (χ4v) is 2.34. The maximum absolute atomic E-state index is 12.1. The van der Waals surface area contributed by atoms with Crippen LogP contribution in [0.2, 0.25) is 0 Å². The summed E-state index contributed by atoms with van der Waals surface area (Å²) in [6.45, 7) is 5.04. The first-order valence-electron chi connectivity index (χ1n) is 5.59. The Balaban J connectivity index is 2.37. The molecule has 96 valence electrons. The van der Waals surface area contributed by atoms with Crippen molar-refractivity contribution >= 4 is 17.9 Å². The zero-order chi connectivity index (χ0) is 13.5. The standard InChI is InChI=1S/C12H14N2O4/c1-3-6-18-9(15)8-7(2)14(11(13)17)10(16)12(8)4-5-12/h3H,1,4-6H2,2H3,(H2,13,17). The second-order valence-corrected chi connectivity index (χ2v) is 4.41. The molecule has 1 heterocycles. The highest BCUT2D eigenvalue weighted by Crippen LogP contribution is 2.58. The molecule has 18 heavy (non-hydrogen) atoms. The first kappa shape index (κ1) is 12.3. The number of hydrogen-bond donors (Lipinski definition) is 1. The molecular formula is C12H14N2O4. The van der Waals surface area contributed by atoms with E-state index < -0.39 is 23.3 Å². The molecule has 0 aromatic carbocycles. The molecule has 0 aromatic heterocycles. The van der Waals surface area contributed by atoms with Crippen molar-refractivity contribution in [2.45, 2.75) is 19.8 Å². The summed E-state index contributed by atoms with van der Waals surface area (Å²) in [6, 6.07) is -0.865. The number of carbonyl (C=O) groups is 3. The summed E-state index contributed by atoms with van der Waals surface area (Å²) in [7, 11) is 0. The lowest BCUT2D eigenvalue weighted by molar-refractivity contribution is -0.140. The summed E-state index contributed by atoms with van der Waals surface area (Å²) in [5.41, 5.74) is 4.81. The van der Waals surface area contributed by atoms with Crippen LogP contribution in [0.4, 0.5) is 4.79 Å². The summed E-state index contributed by atoms with van der Waals surface area (Å²) in [6.07, 6.45) is 2.53. The second kappa shape index (κ2) is 3.97. The van der Waals surface area contributed by atoms with Crippen LogP contribution in [0.3, 0.4) is 0 Å². The maximum atomic E-state index is 12.1. The molecular weight excluding hydrogens is 236 g/mol. The van der Waals surface area contributed by atoms with Gasteiger partial charge in [-0.05, 0) is 19.8 Å². The Kier molecular flexibility index (Phi) is 2.73. The van der Waals surface area contributed by atoms with Crippen molar-refractivity contribution in [3.63, 3.8) is 0 Å². The van der Waals surface area contributed by atoms with Crippen LogP contribution in [-0.4, -0.2) is 29.4 Å². The van der Waals surface area contributed by atoms with E-state index >= 15 is 0 Å². The van der Waals surface area contributed by atoms with Gasteiger partial charge in [0.25, 0.3) is 0 Å². The Bertz CT molecular complexity index is 488. The Morgan fingerprint density at radius 3 is 2.61 bits per heavy atom. The van der Waals surface area contributed by atoms with Gasteiger partial charge in [-0.1, -0.05) is 12.7 Å². The van der Waals surface area contributed by atoms with Gasteiger partial charge in [-0.25, -0.2) is 14.5 Å². The van der Waals surface area contributed by atoms with Gasteiger partial charge >= 0.3 is 12.0 Å². The van der Waals surface area contributed by atoms with Gasteiger partial charge in [0.15, 0.2) is 0 Å². The number of esters is 1. The van der Waals surface area contributed by atoms with Crippen LogP contribution >= 0.6 is 0 Å². The number of imide groups is 1. The predicted molar refractivity (Wildman–Crippen MR) is 62.0 cm³/mol. The normalized spacial score (nSPS) is 20.3. The van der Waals surface area contributed by atoms with Crippen molar-refractivity contribution in [3.05, 3.63) is 23.9 Å². The lowest BCUT2D eigenvalue weighted by atomic mass is 9.97. The molecule has 2 rings (SSSR count). The Morgan fingerprint density at radius 1 is 1.56 bits per heavy atom. The monoisotopic (exact) mass is 250 g/mol. The molecule has 6 heteroatoms. The maximum Gasteiger partial charge on any atom is 0.337 e. The number of ether oxygens (including phenoxy) is 1. The molecule has 2 N–H and O–H groups in total. The molecule has 0 atom stereocenters. The van der Waals surface area contributed by atoms with Crippen LogP contribution in [0.5, 0.6) is 0 Å². The minimum atomic E-state index is -0.878. The second-order valence-electron chi connectivity index (χ2n) is 4.41. The molecule has 1 spiro atoms. The van der Waals surface area contributed by atoms with Gasteiger partial charge in [0.1, 0.15) is 6.61 Å². The van der Waals surface area contributed by atoms with Crippen LogP contribution in [0, 0.1) is 5.41 Å². The highest BCUT2D eigenvalue weighted by Gasteiger charge is 2.63. The van der Waals surface area contributed by atoms with Crippen molar-refractivity contribution in [2.24, 2.45) is 11.1 Å². The van der Waals surface area contributed by atoms with E-state index in [1.54, 1.807) is 0 Å². The molecule has 0 saturated heterocycles. The molecule has 1 fully saturated rings. The number of allylic oxidation sites excluding steroid dienone is 1. The van der Waals surface area contributed by atoms with Crippen LogP contribution in [0.1, 0.15) is 19.8 Å². The number of rotatable bonds is 3. The average Bonchev–Trinajstić information content (AvgIpc) is 3.03. The number of nitrogens with two attached hydrogens (primary N) is 1. The number of amides is 3. The molecule has 1 saturated carbocycles. The Morgan fingerprint density at radius 2 is 2.17 bits per heavy atom. The third kappa shape index (κ3) is 1.53. The molecule has 0 unspecified atom stereocenters. The van der Waals surface area contributed by atoms with Crippen molar-refractivity contribution in [1.82, 2.24) is 4.90 Å². The lowest BCUT2D eigenvalue weighted by Crippen LogP contribution is -2.38. The van der Waals surface area contributed by atoms with E-state index in [-0.39, 0.29) is 17.9 Å². The Labute approximate surface area is 104 Å². The third-order valence-electron chi connectivity index (χ3n) is 3.30. The predicted octanol–water partition coefficient (Wildman–Crippen LogP) is 0.691. The highest BCUT2D eigenvalue weighted by molar-refractivity contribution is 6.12. The smallest absolute Gasteiger partial charge is 0.337 e. The van der Waals surface area contributed by atoms with Crippen LogP contribution < -0.4 is 5.73 Å². The Hall–Kier alpha value is -2.11. The highest BCUT2D eigenvalue weighted by atomic mass is 16.5. The lowest BCUT2D eigenvalue weighted by Gasteiger charge is -2.13. The van der Waals surface area contributed by atoms with Crippen LogP contribution in [0.25, 0.3) is 0 Å². The van der Waals surface area contributed by atoms with E-state index in [0.717, 1.165) is 4.90 Å². The fraction of sp³-hybridized carbons (Fsp3) is 0.417. The molecule has 0 radical (unpaired) electrons. The van der Waals surface area contributed by atoms with E-state index in [1.807, 2.05) is 0 Å². The summed E-state index contributed by atoms with van der Waals surface area (Å²) in [4.78, 5) is 36.1. The summed E-state index contributed by atoms with van der Waals surface area (Å²) in [5, 5.41) is 0. The minimum Gasteiger partial charge on any atom is -0.458 e. The summed E-state index contributed by atoms with van der Waals surface area (Å²) < 4.78 is 4.95. The zero-order valence-electron chi connectivity index (χ0n) is 10.1. The van der Waals surface area contributed by atoms with Gasteiger partial charge in [-0.2, -0.15) is 0 Å². The fourth-order valence-electron chi connectivity index (χ4n) is 2.34. The average molecular weight is 250 g/mol. The minimum absolute atomic E-state index is 0.0659. The number of urea groups is 1. The van der Waals surface area contributed by atoms with Gasteiger partial charge in [-0.15, -0.1) is 0 Å². The van der Waals surface area contributed by atoms with Crippen molar-refractivity contribution in [1.29, 1.82) is 0 Å². The van der Waals surface area contributed by atoms with E-state index in [4.69, 9.17) is 10.5 Å². The molecule has 6 nitrogen and oxygen atoms in total. The van der Waals surface area contributed by atoms with Gasteiger partial charge < -0.3 is 10.5 Å². The van der Waals surface area contributed by atoms with Crippen molar-refractivity contribution in [3.8, 4) is 0 Å². The van der Waals surface area contributed by atoms with E-state index in [0.29, 0.717) is 12.8 Å². The molecule has 0 aromatic rings. The largest absolute Gasteiger partial charge is 0.458 e. The first-order chi connectivity index (χ1) is 8.45. The van der Waals surface area contributed by atoms with Gasteiger partial charge in [-0.3, -0.25) is 4.79 Å². The number of nitrogens with zero attached hydrogens (tertiary/aromatic N) is 1. The van der Waals surface area contributed by atoms with Crippen molar-refractivity contribution < 1.29 is 19.1 Å². The topological polar surface area (TPSA) is 89.7 Å². The molecule has 1 aliphatic heterocycles. The van der Waals surface area contributed by atoms with E-state index in [2.05, 4.69) is 6.58 Å². The van der Waals surface area contributed by atoms with Crippen LogP contribution in [-0.2, 0) is 14.3 Å². The molecule has 1 aliphatic carbocycles. The molecule has 2 aliphatic rings. The number of carbonyl (C=O) groups excluding carboxylic acids is 3. The summed E-state index contributed by atoms with van der Waals surface area (Å²) in [5.74, 6) is -1.000. The third-order valence-corrected chi connectivity index (χ3v) is 3.30. The van der Waals surface area contributed by atoms with E-state index in [1.165, 1.54) is 13.0 Å². The first-order valence-corrected chi connectivity index (χ1v) is 5.59. The number of hydrogen-bond acceptors (Lipinski definition) is 4. The molecule has 0 bridgehead atoms. The SMILES string of the molecule is C=CCOC(=O)C1=C(C)N(C(N)=O)C(=O)C12CC2. The van der Waals surface area contributed by atoms with Gasteiger partial charge in [0.2, 0.25) is 5.91 Å². The van der Waals surface area contributed by atoms with E-state index in [9.17, 15) is 14.4 Å². The summed E-state index contributed by atoms with van der Waals surface area (Å²) >= 11 is 0. The quantitative estimate of drug-likeness (QED) is 0.589. The van der Waals surface area contributed by atoms with Gasteiger partial charge in [0, 0.05) is 5.70 Å². The number of primary amides is 1. The molecule has 3 amide bonds. The van der Waals surface area contributed by atoms with Crippen LogP contribution in [0.15, 0.2) is 23.9 Å².